The largest absolute Gasteiger partial charge is 0.456 e. The fraction of sp³-hybridized carbons (Fsp3) is 0. The van der Waals surface area contributed by atoms with Gasteiger partial charge < -0.3 is 9.32 Å². The van der Waals surface area contributed by atoms with Crippen molar-refractivity contribution in [1.29, 1.82) is 0 Å². The van der Waals surface area contributed by atoms with Crippen molar-refractivity contribution >= 4 is 49.8 Å². The highest BCUT2D eigenvalue weighted by Gasteiger charge is 2.19. The molecule has 0 saturated carbocycles. The molecule has 11 aromatic rings. The van der Waals surface area contributed by atoms with Crippen molar-refractivity contribution in [2.75, 3.05) is 4.90 Å². The molecule has 10 aromatic carbocycles. The Morgan fingerprint density at radius 1 is 0.267 bits per heavy atom. The van der Waals surface area contributed by atoms with Gasteiger partial charge in [-0.15, -0.1) is 0 Å². The summed E-state index contributed by atoms with van der Waals surface area (Å²) in [5.74, 6) is 0. The minimum absolute atomic E-state index is 0.902. The van der Waals surface area contributed by atoms with E-state index in [1.165, 1.54) is 44.2 Å². The van der Waals surface area contributed by atoms with Crippen LogP contribution in [0.25, 0.3) is 88.3 Å². The first-order chi connectivity index (χ1) is 29.7. The molecule has 0 amide bonds. The van der Waals surface area contributed by atoms with Gasteiger partial charge in [0.05, 0.1) is 5.69 Å². The molecule has 11 rings (SSSR count). The quantitative estimate of drug-likeness (QED) is 0.153. The summed E-state index contributed by atoms with van der Waals surface area (Å²) in [5.41, 5.74) is 16.9. The molecule has 0 fully saturated rings. The number of fused-ring (bicyclic) bond motifs is 4. The van der Waals surface area contributed by atoms with Crippen LogP contribution >= 0.6 is 0 Å². The first-order valence-electron chi connectivity index (χ1n) is 20.5. The number of nitrogens with zero attached hydrogens (tertiary/aromatic N) is 1. The first kappa shape index (κ1) is 35.2. The van der Waals surface area contributed by atoms with Gasteiger partial charge in [-0.05, 0) is 122 Å². The van der Waals surface area contributed by atoms with Crippen molar-refractivity contribution in [3.05, 3.63) is 237 Å². The Labute approximate surface area is 349 Å². The molecule has 0 aliphatic carbocycles. The molecule has 0 atom stereocenters. The number of para-hydroxylation sites is 2. The van der Waals surface area contributed by atoms with E-state index in [0.29, 0.717) is 0 Å². The maximum absolute atomic E-state index is 6.15. The fourth-order valence-electron chi connectivity index (χ4n) is 8.69. The molecule has 0 unspecified atom stereocenters. The number of anilines is 3. The predicted octanol–water partition coefficient (Wildman–Crippen LogP) is 16.5. The van der Waals surface area contributed by atoms with E-state index in [1.807, 2.05) is 12.1 Å². The number of furan rings is 1. The van der Waals surface area contributed by atoms with Gasteiger partial charge >= 0.3 is 0 Å². The topological polar surface area (TPSA) is 16.4 Å². The fourth-order valence-corrected chi connectivity index (χ4v) is 8.69. The molecule has 2 heteroatoms. The summed E-state index contributed by atoms with van der Waals surface area (Å²) in [5, 5.41) is 4.75. The van der Waals surface area contributed by atoms with Crippen LogP contribution in [-0.4, -0.2) is 0 Å². The normalized spacial score (nSPS) is 11.3. The van der Waals surface area contributed by atoms with Crippen LogP contribution < -0.4 is 4.90 Å². The van der Waals surface area contributed by atoms with Gasteiger partial charge in [-0.3, -0.25) is 0 Å². The summed E-state index contributed by atoms with van der Waals surface area (Å²) in [6.07, 6.45) is 0. The standard InChI is InChI=1S/C58H39NO/c1-2-13-40(14-3-1)44-17-10-18-45(37-44)41-27-32-49(33-28-41)59(50-34-29-42(30-35-50)46-31-36-58-55(39-46)54-23-7-9-26-57(54)60-58)56-25-8-6-22-53(56)48-20-11-19-47(38-48)52-24-12-16-43-15-4-5-21-51(43)52/h1-39H. The molecule has 0 spiro atoms. The minimum atomic E-state index is 0.902. The van der Waals surface area contributed by atoms with Crippen LogP contribution in [0.5, 0.6) is 0 Å². The molecule has 0 aliphatic heterocycles. The molecule has 0 N–H and O–H groups in total. The lowest BCUT2D eigenvalue weighted by Gasteiger charge is -2.28. The lowest BCUT2D eigenvalue weighted by molar-refractivity contribution is 0.669. The number of hydrogen-bond donors (Lipinski definition) is 0. The maximum Gasteiger partial charge on any atom is 0.135 e. The summed E-state index contributed by atoms with van der Waals surface area (Å²) in [4.78, 5) is 2.39. The molecular weight excluding hydrogens is 727 g/mol. The van der Waals surface area contributed by atoms with E-state index < -0.39 is 0 Å². The van der Waals surface area contributed by atoms with Gasteiger partial charge in [0.2, 0.25) is 0 Å². The van der Waals surface area contributed by atoms with E-state index in [0.717, 1.165) is 61.3 Å². The van der Waals surface area contributed by atoms with Gasteiger partial charge in [-0.25, -0.2) is 0 Å². The van der Waals surface area contributed by atoms with Gasteiger partial charge in [-0.1, -0.05) is 176 Å². The Kier molecular flexibility index (Phi) is 8.87. The number of hydrogen-bond acceptors (Lipinski definition) is 2. The third kappa shape index (κ3) is 6.51. The maximum atomic E-state index is 6.15. The highest BCUT2D eigenvalue weighted by atomic mass is 16.3. The van der Waals surface area contributed by atoms with Gasteiger partial charge in [0, 0.05) is 27.7 Å². The van der Waals surface area contributed by atoms with Gasteiger partial charge in [0.25, 0.3) is 0 Å². The smallest absolute Gasteiger partial charge is 0.135 e. The SMILES string of the molecule is c1ccc(-c2cccc(-c3ccc(N(c4ccc(-c5ccc6oc7ccccc7c6c5)cc4)c4ccccc4-c4cccc(-c5cccc6ccccc56)c4)cc3)c2)cc1. The van der Waals surface area contributed by atoms with Crippen LogP contribution in [0.4, 0.5) is 17.1 Å². The Morgan fingerprint density at radius 2 is 0.733 bits per heavy atom. The first-order valence-corrected chi connectivity index (χ1v) is 20.5. The van der Waals surface area contributed by atoms with Crippen molar-refractivity contribution in [3.8, 4) is 55.6 Å². The van der Waals surface area contributed by atoms with Crippen molar-refractivity contribution in [1.82, 2.24) is 0 Å². The van der Waals surface area contributed by atoms with Crippen molar-refractivity contribution in [2.45, 2.75) is 0 Å². The summed E-state index contributed by atoms with van der Waals surface area (Å²) < 4.78 is 6.15. The summed E-state index contributed by atoms with van der Waals surface area (Å²) in [6.45, 7) is 0. The van der Waals surface area contributed by atoms with Crippen LogP contribution in [0.15, 0.2) is 241 Å². The molecule has 2 nitrogen and oxygen atoms in total. The Bertz CT molecular complexity index is 3300. The predicted molar refractivity (Wildman–Crippen MR) is 253 cm³/mol. The van der Waals surface area contributed by atoms with E-state index in [2.05, 4.69) is 229 Å². The monoisotopic (exact) mass is 765 g/mol. The molecule has 0 bridgehead atoms. The molecule has 1 heterocycles. The van der Waals surface area contributed by atoms with Crippen LogP contribution in [0.3, 0.4) is 0 Å². The van der Waals surface area contributed by atoms with E-state index in [9.17, 15) is 0 Å². The van der Waals surface area contributed by atoms with Crippen LogP contribution in [-0.2, 0) is 0 Å². The Hall–Kier alpha value is -7.94. The van der Waals surface area contributed by atoms with Gasteiger partial charge in [-0.2, -0.15) is 0 Å². The van der Waals surface area contributed by atoms with Crippen LogP contribution in [0.1, 0.15) is 0 Å². The molecule has 0 aliphatic rings. The third-order valence-corrected chi connectivity index (χ3v) is 11.7. The van der Waals surface area contributed by atoms with E-state index in [4.69, 9.17) is 4.42 Å². The van der Waals surface area contributed by atoms with Gasteiger partial charge in [0.1, 0.15) is 11.2 Å². The van der Waals surface area contributed by atoms with E-state index in [-0.39, 0.29) is 0 Å². The highest BCUT2D eigenvalue weighted by Crippen LogP contribution is 2.43. The summed E-state index contributed by atoms with van der Waals surface area (Å²) >= 11 is 0. The zero-order valence-corrected chi connectivity index (χ0v) is 32.9. The molecule has 0 radical (unpaired) electrons. The zero-order valence-electron chi connectivity index (χ0n) is 32.9. The molecule has 0 saturated heterocycles. The molecular formula is C58H39NO. The van der Waals surface area contributed by atoms with Gasteiger partial charge in [0.15, 0.2) is 0 Å². The Morgan fingerprint density at radius 3 is 1.48 bits per heavy atom. The van der Waals surface area contributed by atoms with Crippen molar-refractivity contribution < 1.29 is 4.42 Å². The zero-order chi connectivity index (χ0) is 39.8. The average molecular weight is 766 g/mol. The lowest BCUT2D eigenvalue weighted by Crippen LogP contribution is -2.11. The number of rotatable bonds is 8. The van der Waals surface area contributed by atoms with Crippen LogP contribution in [0.2, 0.25) is 0 Å². The average Bonchev–Trinajstić information content (AvgIpc) is 3.70. The highest BCUT2D eigenvalue weighted by molar-refractivity contribution is 6.06. The summed E-state index contributed by atoms with van der Waals surface area (Å²) in [6, 6.07) is 85.0. The van der Waals surface area contributed by atoms with Crippen molar-refractivity contribution in [2.24, 2.45) is 0 Å². The second-order valence-corrected chi connectivity index (χ2v) is 15.3. The lowest BCUT2D eigenvalue weighted by atomic mass is 9.94. The Balaban J connectivity index is 1.01. The summed E-state index contributed by atoms with van der Waals surface area (Å²) in [7, 11) is 0. The minimum Gasteiger partial charge on any atom is -0.456 e. The number of benzene rings is 10. The van der Waals surface area contributed by atoms with Crippen molar-refractivity contribution in [3.63, 3.8) is 0 Å². The molecule has 1 aromatic heterocycles. The van der Waals surface area contributed by atoms with Crippen LogP contribution in [0, 0.1) is 0 Å². The molecule has 60 heavy (non-hydrogen) atoms. The molecule has 282 valence electrons. The second kappa shape index (κ2) is 15.1. The second-order valence-electron chi connectivity index (χ2n) is 15.3. The van der Waals surface area contributed by atoms with E-state index >= 15 is 0 Å². The third-order valence-electron chi connectivity index (χ3n) is 11.7. The van der Waals surface area contributed by atoms with E-state index in [1.54, 1.807) is 0 Å².